The molecule has 1 aliphatic heterocycles. The number of benzene rings is 1. The minimum absolute atomic E-state index is 0.0613. The molecule has 0 bridgehead atoms. The van der Waals surface area contributed by atoms with Gasteiger partial charge in [0.15, 0.2) is 0 Å². The number of rotatable bonds is 4. The van der Waals surface area contributed by atoms with E-state index in [-0.39, 0.29) is 18.0 Å². The molecule has 1 aromatic carbocycles. The van der Waals surface area contributed by atoms with Crippen LogP contribution in [0.1, 0.15) is 24.8 Å². The van der Waals surface area contributed by atoms with E-state index in [1.165, 1.54) is 6.07 Å². The van der Waals surface area contributed by atoms with Crippen molar-refractivity contribution in [1.82, 2.24) is 0 Å². The molecular formula is C13H17ClFNO. The summed E-state index contributed by atoms with van der Waals surface area (Å²) in [6.45, 7) is 0.826. The van der Waals surface area contributed by atoms with Gasteiger partial charge in [0.25, 0.3) is 0 Å². The molecule has 1 saturated heterocycles. The lowest BCUT2D eigenvalue weighted by Crippen LogP contribution is -2.28. The van der Waals surface area contributed by atoms with E-state index in [4.69, 9.17) is 22.1 Å². The van der Waals surface area contributed by atoms with Crippen LogP contribution >= 0.6 is 11.6 Å². The fourth-order valence-electron chi connectivity index (χ4n) is 2.22. The highest BCUT2D eigenvalue weighted by molar-refractivity contribution is 6.30. The van der Waals surface area contributed by atoms with Gasteiger partial charge < -0.3 is 10.5 Å². The average molecular weight is 258 g/mol. The van der Waals surface area contributed by atoms with E-state index in [0.717, 1.165) is 25.9 Å². The van der Waals surface area contributed by atoms with Gasteiger partial charge in [-0.3, -0.25) is 0 Å². The largest absolute Gasteiger partial charge is 0.378 e. The maximum atomic E-state index is 13.6. The second-order valence-corrected chi connectivity index (χ2v) is 5.01. The zero-order valence-corrected chi connectivity index (χ0v) is 10.4. The first-order valence-electron chi connectivity index (χ1n) is 5.96. The molecule has 1 aliphatic rings. The van der Waals surface area contributed by atoms with Crippen molar-refractivity contribution in [3.05, 3.63) is 34.6 Å². The number of ether oxygens (including phenoxy) is 1. The Labute approximate surface area is 106 Å². The summed E-state index contributed by atoms with van der Waals surface area (Å²) in [5, 5.41) is 0.416. The highest BCUT2D eigenvalue weighted by Gasteiger charge is 2.19. The Bertz CT molecular complexity index is 380. The van der Waals surface area contributed by atoms with Crippen LogP contribution in [-0.2, 0) is 11.2 Å². The van der Waals surface area contributed by atoms with E-state index in [1.54, 1.807) is 12.1 Å². The lowest BCUT2D eigenvalue weighted by molar-refractivity contribution is 0.0982. The zero-order valence-electron chi connectivity index (χ0n) is 9.66. The minimum Gasteiger partial charge on any atom is -0.378 e. The van der Waals surface area contributed by atoms with Crippen LogP contribution in [0.3, 0.4) is 0 Å². The molecule has 2 atom stereocenters. The molecule has 2 rings (SSSR count). The number of hydrogen-bond donors (Lipinski definition) is 1. The molecular weight excluding hydrogens is 241 g/mol. The van der Waals surface area contributed by atoms with Gasteiger partial charge in [0.05, 0.1) is 6.10 Å². The predicted octanol–water partition coefficient (Wildman–Crippen LogP) is 2.92. The first-order chi connectivity index (χ1) is 8.15. The normalized spacial score (nSPS) is 21.7. The van der Waals surface area contributed by atoms with Crippen LogP contribution in [-0.4, -0.2) is 18.8 Å². The van der Waals surface area contributed by atoms with Crippen LogP contribution in [0.5, 0.6) is 0 Å². The molecule has 2 N–H and O–H groups in total. The van der Waals surface area contributed by atoms with Gasteiger partial charge >= 0.3 is 0 Å². The van der Waals surface area contributed by atoms with Crippen LogP contribution in [0.4, 0.5) is 4.39 Å². The van der Waals surface area contributed by atoms with E-state index in [1.807, 2.05) is 0 Å². The molecule has 2 unspecified atom stereocenters. The van der Waals surface area contributed by atoms with Crippen molar-refractivity contribution in [1.29, 1.82) is 0 Å². The summed E-state index contributed by atoms with van der Waals surface area (Å²) in [6.07, 6.45) is 3.74. The van der Waals surface area contributed by atoms with Crippen molar-refractivity contribution in [2.24, 2.45) is 5.73 Å². The summed E-state index contributed by atoms with van der Waals surface area (Å²) >= 11 is 5.70. The van der Waals surface area contributed by atoms with Crippen molar-refractivity contribution in [3.63, 3.8) is 0 Å². The number of nitrogens with two attached hydrogens (primary N) is 1. The van der Waals surface area contributed by atoms with Crippen molar-refractivity contribution in [2.45, 2.75) is 37.8 Å². The Hall–Kier alpha value is -0.640. The van der Waals surface area contributed by atoms with Crippen molar-refractivity contribution < 1.29 is 9.13 Å². The molecule has 0 amide bonds. The van der Waals surface area contributed by atoms with Crippen LogP contribution in [0.15, 0.2) is 18.2 Å². The first-order valence-corrected chi connectivity index (χ1v) is 6.34. The highest BCUT2D eigenvalue weighted by Crippen LogP contribution is 2.20. The van der Waals surface area contributed by atoms with Crippen molar-refractivity contribution >= 4 is 11.6 Å². The Morgan fingerprint density at radius 2 is 2.35 bits per heavy atom. The van der Waals surface area contributed by atoms with Gasteiger partial charge in [0, 0.05) is 17.7 Å². The number of hydrogen-bond acceptors (Lipinski definition) is 2. The Kier molecular flexibility index (Phi) is 4.37. The predicted molar refractivity (Wildman–Crippen MR) is 66.7 cm³/mol. The monoisotopic (exact) mass is 257 g/mol. The molecule has 0 spiro atoms. The van der Waals surface area contributed by atoms with Gasteiger partial charge in [-0.25, -0.2) is 4.39 Å². The van der Waals surface area contributed by atoms with Crippen LogP contribution in [0, 0.1) is 5.82 Å². The summed E-state index contributed by atoms with van der Waals surface area (Å²) < 4.78 is 19.1. The molecule has 4 heteroatoms. The van der Waals surface area contributed by atoms with Crippen molar-refractivity contribution in [2.75, 3.05) is 6.61 Å². The molecule has 0 radical (unpaired) electrons. The third-order valence-corrected chi connectivity index (χ3v) is 3.32. The topological polar surface area (TPSA) is 35.2 Å². The maximum Gasteiger partial charge on any atom is 0.127 e. The van der Waals surface area contributed by atoms with E-state index in [9.17, 15) is 4.39 Å². The average Bonchev–Trinajstić information content (AvgIpc) is 2.75. The van der Waals surface area contributed by atoms with Crippen molar-refractivity contribution in [3.8, 4) is 0 Å². The third kappa shape index (κ3) is 3.66. The zero-order chi connectivity index (χ0) is 12.3. The summed E-state index contributed by atoms with van der Waals surface area (Å²) in [7, 11) is 0. The van der Waals surface area contributed by atoms with Gasteiger partial charge in [-0.1, -0.05) is 17.7 Å². The second kappa shape index (κ2) is 5.80. The SMILES string of the molecule is NC(Cc1ccc(Cl)cc1F)CC1CCCO1. The minimum atomic E-state index is -0.278. The van der Waals surface area contributed by atoms with Gasteiger partial charge in [-0.05, 0) is 43.4 Å². The first kappa shape index (κ1) is 12.8. The van der Waals surface area contributed by atoms with Gasteiger partial charge in [0.1, 0.15) is 5.82 Å². The van der Waals surface area contributed by atoms with Gasteiger partial charge in [-0.2, -0.15) is 0 Å². The molecule has 0 aliphatic carbocycles. The molecule has 0 saturated carbocycles. The molecule has 0 aromatic heterocycles. The van der Waals surface area contributed by atoms with Crippen LogP contribution in [0.25, 0.3) is 0 Å². The molecule has 1 heterocycles. The molecule has 94 valence electrons. The third-order valence-electron chi connectivity index (χ3n) is 3.09. The molecule has 2 nitrogen and oxygen atoms in total. The lowest BCUT2D eigenvalue weighted by Gasteiger charge is -2.16. The van der Waals surface area contributed by atoms with E-state index < -0.39 is 0 Å². The van der Waals surface area contributed by atoms with E-state index in [0.29, 0.717) is 17.0 Å². The lowest BCUT2D eigenvalue weighted by atomic mass is 10.00. The Morgan fingerprint density at radius 3 is 3.00 bits per heavy atom. The second-order valence-electron chi connectivity index (χ2n) is 4.57. The van der Waals surface area contributed by atoms with Gasteiger partial charge in [-0.15, -0.1) is 0 Å². The summed E-state index contributed by atoms with van der Waals surface area (Å²) in [4.78, 5) is 0. The summed E-state index contributed by atoms with van der Waals surface area (Å²) in [6, 6.07) is 4.66. The Morgan fingerprint density at radius 1 is 1.53 bits per heavy atom. The fourth-order valence-corrected chi connectivity index (χ4v) is 2.38. The number of halogens is 2. The highest BCUT2D eigenvalue weighted by atomic mass is 35.5. The fraction of sp³-hybridized carbons (Fsp3) is 0.538. The summed E-state index contributed by atoms with van der Waals surface area (Å²) in [5.74, 6) is -0.278. The van der Waals surface area contributed by atoms with Gasteiger partial charge in [0.2, 0.25) is 0 Å². The maximum absolute atomic E-state index is 13.6. The summed E-state index contributed by atoms with van der Waals surface area (Å²) in [5.41, 5.74) is 6.64. The quantitative estimate of drug-likeness (QED) is 0.900. The molecule has 1 aromatic rings. The molecule has 1 fully saturated rings. The standard InChI is InChI=1S/C13H17ClFNO/c14-10-4-3-9(13(15)7-10)6-11(16)8-12-2-1-5-17-12/h3-4,7,11-12H,1-2,5-6,8,16H2. The van der Waals surface area contributed by atoms with Crippen LogP contribution in [0.2, 0.25) is 5.02 Å². The van der Waals surface area contributed by atoms with Crippen LogP contribution < -0.4 is 5.73 Å². The smallest absolute Gasteiger partial charge is 0.127 e. The van der Waals surface area contributed by atoms with E-state index >= 15 is 0 Å². The van der Waals surface area contributed by atoms with E-state index in [2.05, 4.69) is 0 Å². The molecule has 17 heavy (non-hydrogen) atoms. The Balaban J connectivity index is 1.90.